The molecule has 0 aromatic heterocycles. The van der Waals surface area contributed by atoms with Gasteiger partial charge >= 0.3 is 6.00 Å². The van der Waals surface area contributed by atoms with Crippen molar-refractivity contribution in [3.8, 4) is 5.75 Å². The Labute approximate surface area is 160 Å². The Bertz CT molecular complexity index is 533. The summed E-state index contributed by atoms with van der Waals surface area (Å²) in [5, 5.41) is 0. The van der Waals surface area contributed by atoms with Gasteiger partial charge in [-0.2, -0.15) is 0 Å². The van der Waals surface area contributed by atoms with Crippen molar-refractivity contribution in [2.24, 2.45) is 0 Å². The van der Waals surface area contributed by atoms with Crippen molar-refractivity contribution in [3.63, 3.8) is 0 Å². The van der Waals surface area contributed by atoms with E-state index in [4.69, 9.17) is 42.7 Å². The number of hydrogen-bond donors (Lipinski definition) is 0. The van der Waals surface area contributed by atoms with Crippen molar-refractivity contribution in [3.05, 3.63) is 29.3 Å². The highest BCUT2D eigenvalue weighted by molar-refractivity contribution is 7.64. The van der Waals surface area contributed by atoms with Gasteiger partial charge in [0.1, 0.15) is 5.75 Å². The summed E-state index contributed by atoms with van der Waals surface area (Å²) in [5.41, 5.74) is 2.36. The molecule has 0 spiro atoms. The lowest BCUT2D eigenvalue weighted by atomic mass is 10.0. The van der Waals surface area contributed by atoms with Crippen LogP contribution in [-0.2, 0) is 17.8 Å². The van der Waals surface area contributed by atoms with E-state index in [0.29, 0.717) is 12.7 Å². The minimum absolute atomic E-state index is 0.497. The van der Waals surface area contributed by atoms with Gasteiger partial charge in [0.25, 0.3) is 0 Å². The number of fused-ring (bicyclic) bond motifs is 1. The van der Waals surface area contributed by atoms with Gasteiger partial charge in [0, 0.05) is 18.9 Å². The number of aryl methyl sites for hydroxylation is 1. The number of hydrogen-bond acceptors (Lipinski definition) is 2. The zero-order chi connectivity index (χ0) is 17.6. The van der Waals surface area contributed by atoms with Crippen LogP contribution in [-0.4, -0.2) is 11.8 Å². The quantitative estimate of drug-likeness (QED) is 0.252. The number of ether oxygens (including phenoxy) is 2. The molecule has 0 N–H and O–H groups in total. The number of benzene rings is 1. The lowest BCUT2D eigenvalue weighted by molar-refractivity contribution is -0.198. The van der Waals surface area contributed by atoms with Gasteiger partial charge in [-0.3, -0.25) is 0 Å². The second-order valence-electron chi connectivity index (χ2n) is 6.75. The largest absolute Gasteiger partial charge is 0.462 e. The lowest BCUT2D eigenvalue weighted by Gasteiger charge is -2.36. The van der Waals surface area contributed by atoms with Crippen molar-refractivity contribution < 1.29 is 9.47 Å². The Hall–Kier alpha value is 0.0669. The summed E-state index contributed by atoms with van der Waals surface area (Å²) in [6.45, 7) is 4.87. The molecule has 0 radical (unpaired) electrons. The van der Waals surface area contributed by atoms with Gasteiger partial charge in [-0.15, -0.1) is 33.2 Å². The summed E-state index contributed by atoms with van der Waals surface area (Å²) in [4.78, 5) is 0. The second-order valence-corrected chi connectivity index (χ2v) is 16.0. The molecule has 2 rings (SSSR count). The van der Waals surface area contributed by atoms with Crippen LogP contribution in [0.2, 0.25) is 6.04 Å². The first-order valence-corrected chi connectivity index (χ1v) is 14.1. The van der Waals surface area contributed by atoms with Gasteiger partial charge in [-0.1, -0.05) is 32.3 Å². The van der Waals surface area contributed by atoms with Crippen molar-refractivity contribution in [2.75, 3.05) is 0 Å². The summed E-state index contributed by atoms with van der Waals surface area (Å²) >= 11 is 17.8. The lowest BCUT2D eigenvalue weighted by Crippen LogP contribution is -2.38. The highest BCUT2D eigenvalue weighted by atomic mass is 35.8. The van der Waals surface area contributed by atoms with E-state index in [1.54, 1.807) is 0 Å². The molecule has 0 aliphatic carbocycles. The average Bonchev–Trinajstić information content (AvgIpc) is 2.51. The van der Waals surface area contributed by atoms with Crippen molar-refractivity contribution in [1.82, 2.24) is 0 Å². The first-order chi connectivity index (χ1) is 11.3. The smallest absolute Gasteiger partial charge is 0.341 e. The Kier molecular flexibility index (Phi) is 7.76. The van der Waals surface area contributed by atoms with Crippen LogP contribution in [0, 0.1) is 0 Å². The Morgan fingerprint density at radius 3 is 2.62 bits per heavy atom. The first-order valence-electron chi connectivity index (χ1n) is 8.83. The van der Waals surface area contributed by atoms with Gasteiger partial charge in [-0.05, 0) is 43.0 Å². The van der Waals surface area contributed by atoms with Gasteiger partial charge in [-0.25, -0.2) is 0 Å². The molecule has 6 heteroatoms. The molecule has 1 heterocycles. The van der Waals surface area contributed by atoms with Crippen molar-refractivity contribution in [1.29, 1.82) is 0 Å². The molecule has 0 amide bonds. The van der Waals surface area contributed by atoms with E-state index in [1.165, 1.54) is 24.8 Å². The van der Waals surface area contributed by atoms with Gasteiger partial charge in [0.15, 0.2) is 0 Å². The molecule has 1 aromatic carbocycles. The van der Waals surface area contributed by atoms with E-state index in [9.17, 15) is 0 Å². The summed E-state index contributed by atoms with van der Waals surface area (Å²) in [6.07, 6.45) is 7.64. The number of rotatable bonds is 9. The second kappa shape index (κ2) is 9.13. The molecule has 1 aromatic rings. The fourth-order valence-corrected chi connectivity index (χ4v) is 4.76. The number of halogens is 3. The zero-order valence-electron chi connectivity index (χ0n) is 14.5. The molecule has 0 bridgehead atoms. The fourth-order valence-electron chi connectivity index (χ4n) is 2.98. The van der Waals surface area contributed by atoms with E-state index in [2.05, 4.69) is 25.1 Å². The summed E-state index contributed by atoms with van der Waals surface area (Å²) < 4.78 is 12.1. The highest BCUT2D eigenvalue weighted by Gasteiger charge is 2.32. The molecule has 1 unspecified atom stereocenters. The predicted molar refractivity (Wildman–Crippen MR) is 105 cm³/mol. The van der Waals surface area contributed by atoms with E-state index in [1.807, 2.05) is 6.92 Å². The van der Waals surface area contributed by atoms with E-state index < -0.39 is 11.8 Å². The Morgan fingerprint density at radius 1 is 1.12 bits per heavy atom. The predicted octanol–water partition coefficient (Wildman–Crippen LogP) is 6.87. The van der Waals surface area contributed by atoms with Crippen LogP contribution in [0.3, 0.4) is 0 Å². The minimum atomic E-state index is -2.51. The fraction of sp³-hybridized carbons (Fsp3) is 0.667. The maximum absolute atomic E-state index is 6.13. The maximum Gasteiger partial charge on any atom is 0.341 e. The monoisotopic (exact) mass is 408 g/mol. The summed E-state index contributed by atoms with van der Waals surface area (Å²) in [6, 6.07) is 4.51. The molecular formula is C18H27Cl3O2Si. The molecule has 136 valence electrons. The van der Waals surface area contributed by atoms with Crippen molar-refractivity contribution in [2.45, 2.75) is 77.2 Å². The SMILES string of the molecule is CCCCCCC1(C)OCc2cc(CCC[Si](Cl)(Cl)Cl)ccc2O1. The molecule has 1 aliphatic rings. The van der Waals surface area contributed by atoms with Gasteiger partial charge in [0.2, 0.25) is 5.79 Å². The number of unbranched alkanes of at least 4 members (excludes halogenated alkanes) is 3. The molecule has 0 saturated heterocycles. The van der Waals surface area contributed by atoms with Crippen LogP contribution >= 0.6 is 33.2 Å². The average molecular weight is 410 g/mol. The third-order valence-electron chi connectivity index (χ3n) is 4.39. The topological polar surface area (TPSA) is 18.5 Å². The summed E-state index contributed by atoms with van der Waals surface area (Å²) in [7, 11) is 0. The molecule has 1 aliphatic heterocycles. The Morgan fingerprint density at radius 2 is 1.92 bits per heavy atom. The van der Waals surface area contributed by atoms with E-state index in [0.717, 1.165) is 37.0 Å². The Balaban J connectivity index is 1.89. The maximum atomic E-state index is 6.13. The van der Waals surface area contributed by atoms with Crippen LogP contribution < -0.4 is 4.74 Å². The molecule has 2 nitrogen and oxygen atoms in total. The van der Waals surface area contributed by atoms with Crippen molar-refractivity contribution >= 4 is 39.2 Å². The van der Waals surface area contributed by atoms with E-state index in [-0.39, 0.29) is 0 Å². The third kappa shape index (κ3) is 6.76. The van der Waals surface area contributed by atoms with Crippen LogP contribution in [0.5, 0.6) is 5.75 Å². The van der Waals surface area contributed by atoms with Crippen LogP contribution in [0.25, 0.3) is 0 Å². The molecule has 1 atom stereocenters. The molecule has 24 heavy (non-hydrogen) atoms. The first kappa shape index (κ1) is 20.4. The summed E-state index contributed by atoms with van der Waals surface area (Å²) in [5.74, 6) is 0.447. The minimum Gasteiger partial charge on any atom is -0.462 e. The standard InChI is InChI=1S/C18H27Cl3O2Si/c1-3-4-5-6-11-18(2)22-14-16-13-15(9-10-17(16)23-18)8-7-12-24(19,20)21/h9-10,13H,3-8,11-12,14H2,1-2H3. The van der Waals surface area contributed by atoms with Gasteiger partial charge < -0.3 is 9.47 Å². The van der Waals surface area contributed by atoms with Crippen LogP contribution in [0.4, 0.5) is 0 Å². The molecular weight excluding hydrogens is 383 g/mol. The zero-order valence-corrected chi connectivity index (χ0v) is 17.8. The van der Waals surface area contributed by atoms with Crippen LogP contribution in [0.15, 0.2) is 18.2 Å². The third-order valence-corrected chi connectivity index (χ3v) is 7.02. The molecule has 0 saturated carbocycles. The normalized spacial score (nSPS) is 20.5. The van der Waals surface area contributed by atoms with E-state index >= 15 is 0 Å². The van der Waals surface area contributed by atoms with Crippen LogP contribution in [0.1, 0.15) is 63.5 Å². The highest BCUT2D eigenvalue weighted by Crippen LogP contribution is 2.35. The molecule has 0 fully saturated rings. The van der Waals surface area contributed by atoms with Gasteiger partial charge in [0.05, 0.1) is 6.61 Å².